The van der Waals surface area contributed by atoms with Crippen molar-refractivity contribution in [3.63, 3.8) is 0 Å². The summed E-state index contributed by atoms with van der Waals surface area (Å²) in [6.45, 7) is 7.83. The highest BCUT2D eigenvalue weighted by atomic mass is 79.9. The molecule has 28 heavy (non-hydrogen) atoms. The van der Waals surface area contributed by atoms with Gasteiger partial charge in [0.25, 0.3) is 0 Å². The van der Waals surface area contributed by atoms with Crippen molar-refractivity contribution in [3.05, 3.63) is 80.7 Å². The average molecular weight is 435 g/mol. The van der Waals surface area contributed by atoms with E-state index in [4.69, 9.17) is 28.2 Å². The maximum absolute atomic E-state index is 7.66. The number of terminal acetylenes is 1. The fraction of sp³-hybridized carbons (Fsp3) is 0.143. The van der Waals surface area contributed by atoms with E-state index < -0.39 is 5.92 Å². The smallest absolute Gasteiger partial charge is 0.241 e. The minimum absolute atomic E-state index is 0.0628. The van der Waals surface area contributed by atoms with Crippen LogP contribution in [0.5, 0.6) is 11.6 Å². The SMILES string of the molecule is [C-]#[N+]C1=C(N)Oc2n[nH]c(C3=CC=CC3)c2C1c1ccc(OCC#C)c(Br)c1. The van der Waals surface area contributed by atoms with Crippen LogP contribution in [0.4, 0.5) is 0 Å². The lowest BCUT2D eigenvalue weighted by Gasteiger charge is -2.24. The monoisotopic (exact) mass is 434 g/mol. The molecule has 1 unspecified atom stereocenters. The first-order chi connectivity index (χ1) is 13.6. The number of ether oxygens (including phenoxy) is 2. The maximum atomic E-state index is 7.66. The Labute approximate surface area is 170 Å². The van der Waals surface area contributed by atoms with Gasteiger partial charge in [0.05, 0.1) is 22.7 Å². The predicted molar refractivity (Wildman–Crippen MR) is 109 cm³/mol. The summed E-state index contributed by atoms with van der Waals surface area (Å²) in [5.74, 6) is 3.12. The van der Waals surface area contributed by atoms with Crippen molar-refractivity contribution in [2.45, 2.75) is 12.3 Å². The lowest BCUT2D eigenvalue weighted by molar-refractivity contribution is 0.367. The number of hydrogen-bond acceptors (Lipinski definition) is 4. The number of benzene rings is 1. The van der Waals surface area contributed by atoms with Gasteiger partial charge in [-0.15, -0.1) is 11.5 Å². The Kier molecular flexibility index (Phi) is 4.68. The second-order valence-electron chi connectivity index (χ2n) is 6.22. The Balaban J connectivity index is 1.84. The molecule has 0 amide bonds. The zero-order chi connectivity index (χ0) is 19.7. The van der Waals surface area contributed by atoms with E-state index in [9.17, 15) is 0 Å². The lowest BCUT2D eigenvalue weighted by Crippen LogP contribution is -2.20. The number of nitrogens with one attached hydrogen (secondary N) is 1. The lowest BCUT2D eigenvalue weighted by atomic mass is 9.85. The molecule has 1 aromatic heterocycles. The average Bonchev–Trinajstić information content (AvgIpc) is 3.35. The maximum Gasteiger partial charge on any atom is 0.241 e. The van der Waals surface area contributed by atoms with E-state index in [2.05, 4.69) is 43.0 Å². The van der Waals surface area contributed by atoms with E-state index in [1.54, 1.807) is 0 Å². The number of nitrogens with two attached hydrogens (primary N) is 1. The van der Waals surface area contributed by atoms with Gasteiger partial charge in [0.2, 0.25) is 11.6 Å². The Morgan fingerprint density at radius 3 is 3.04 bits per heavy atom. The Bertz CT molecular complexity index is 1130. The fourth-order valence-electron chi connectivity index (χ4n) is 3.37. The fourth-order valence-corrected chi connectivity index (χ4v) is 3.88. The number of nitrogens with zero attached hydrogens (tertiary/aromatic N) is 2. The molecule has 3 N–H and O–H groups in total. The van der Waals surface area contributed by atoms with Gasteiger partial charge in [-0.25, -0.2) is 4.85 Å². The second kappa shape index (κ2) is 7.30. The molecule has 0 bridgehead atoms. The van der Waals surface area contributed by atoms with Crippen molar-refractivity contribution >= 4 is 21.5 Å². The van der Waals surface area contributed by atoms with Gasteiger partial charge in [-0.3, -0.25) is 5.10 Å². The largest absolute Gasteiger partial charge is 0.480 e. The topological polar surface area (TPSA) is 77.5 Å². The summed E-state index contributed by atoms with van der Waals surface area (Å²) in [4.78, 5) is 3.66. The number of rotatable bonds is 4. The van der Waals surface area contributed by atoms with Gasteiger partial charge < -0.3 is 15.2 Å². The molecule has 2 heterocycles. The van der Waals surface area contributed by atoms with E-state index in [1.807, 2.05) is 30.4 Å². The van der Waals surface area contributed by atoms with Gasteiger partial charge in [0.15, 0.2) is 5.88 Å². The summed E-state index contributed by atoms with van der Waals surface area (Å²) < 4.78 is 11.9. The molecule has 2 aromatic rings. The minimum atomic E-state index is -0.408. The molecule has 4 rings (SSSR count). The van der Waals surface area contributed by atoms with Crippen molar-refractivity contribution in [2.24, 2.45) is 5.73 Å². The van der Waals surface area contributed by atoms with Crippen LogP contribution < -0.4 is 15.2 Å². The van der Waals surface area contributed by atoms with Crippen molar-refractivity contribution in [1.29, 1.82) is 0 Å². The van der Waals surface area contributed by atoms with E-state index in [-0.39, 0.29) is 12.5 Å². The van der Waals surface area contributed by atoms with Gasteiger partial charge in [-0.1, -0.05) is 30.2 Å². The molecule has 1 aromatic carbocycles. The standard InChI is InChI=1S/C21H15BrN4O2/c1-3-10-27-15-9-8-13(11-14(15)22)16-17-18(12-6-4-5-7-12)25-26-21(17)28-20(23)19(16)24-2/h1,4-6,8-9,11,16H,7,10,23H2,(H,25,26). The predicted octanol–water partition coefficient (Wildman–Crippen LogP) is 4.10. The van der Waals surface area contributed by atoms with Crippen molar-refractivity contribution in [3.8, 4) is 24.0 Å². The number of aromatic nitrogens is 2. The highest BCUT2D eigenvalue weighted by molar-refractivity contribution is 9.10. The van der Waals surface area contributed by atoms with E-state index in [0.717, 1.165) is 33.3 Å². The third-order valence-corrected chi connectivity index (χ3v) is 5.22. The Morgan fingerprint density at radius 2 is 2.36 bits per heavy atom. The number of hydrogen-bond donors (Lipinski definition) is 2. The minimum Gasteiger partial charge on any atom is -0.480 e. The number of aromatic amines is 1. The summed E-state index contributed by atoms with van der Waals surface area (Å²) >= 11 is 3.52. The van der Waals surface area contributed by atoms with Crippen molar-refractivity contribution in [1.82, 2.24) is 10.2 Å². The summed E-state index contributed by atoms with van der Waals surface area (Å²) in [7, 11) is 0. The molecule has 2 aliphatic rings. The van der Waals surface area contributed by atoms with Crippen LogP contribution in [0.25, 0.3) is 10.4 Å². The number of halogens is 1. The third kappa shape index (κ3) is 2.96. The Hall–Kier alpha value is -3.42. The van der Waals surface area contributed by atoms with Crippen LogP contribution in [0, 0.1) is 18.9 Å². The molecule has 6 nitrogen and oxygen atoms in total. The van der Waals surface area contributed by atoms with Gasteiger partial charge in [0, 0.05) is 5.56 Å². The molecular formula is C21H15BrN4O2. The zero-order valence-corrected chi connectivity index (χ0v) is 16.3. The third-order valence-electron chi connectivity index (χ3n) is 4.60. The van der Waals surface area contributed by atoms with E-state index in [0.29, 0.717) is 17.3 Å². The highest BCUT2D eigenvalue weighted by Gasteiger charge is 2.36. The van der Waals surface area contributed by atoms with E-state index >= 15 is 0 Å². The first-order valence-electron chi connectivity index (χ1n) is 8.49. The van der Waals surface area contributed by atoms with Crippen molar-refractivity contribution in [2.75, 3.05) is 6.61 Å². The molecule has 7 heteroatoms. The van der Waals surface area contributed by atoms with Crippen LogP contribution in [0.3, 0.4) is 0 Å². The van der Waals surface area contributed by atoms with Crippen LogP contribution in [0.1, 0.15) is 29.2 Å². The van der Waals surface area contributed by atoms with Crippen LogP contribution in [-0.2, 0) is 0 Å². The molecule has 0 saturated carbocycles. The van der Waals surface area contributed by atoms with Crippen LogP contribution in [0.2, 0.25) is 0 Å². The molecule has 0 radical (unpaired) electrons. The van der Waals surface area contributed by atoms with Crippen LogP contribution >= 0.6 is 15.9 Å². The second-order valence-corrected chi connectivity index (χ2v) is 7.07. The number of allylic oxidation sites excluding steroid dienone is 5. The Morgan fingerprint density at radius 1 is 1.50 bits per heavy atom. The summed E-state index contributed by atoms with van der Waals surface area (Å²) in [6, 6.07) is 5.62. The molecule has 1 atom stereocenters. The van der Waals surface area contributed by atoms with Crippen molar-refractivity contribution < 1.29 is 9.47 Å². The van der Waals surface area contributed by atoms with Gasteiger partial charge >= 0.3 is 0 Å². The number of fused-ring (bicyclic) bond motifs is 1. The summed E-state index contributed by atoms with van der Waals surface area (Å²) in [6.07, 6.45) is 12.1. The quantitative estimate of drug-likeness (QED) is 0.560. The van der Waals surface area contributed by atoms with Gasteiger partial charge in [-0.2, -0.15) is 0 Å². The molecule has 138 valence electrons. The van der Waals surface area contributed by atoms with E-state index in [1.165, 1.54) is 0 Å². The summed E-state index contributed by atoms with van der Waals surface area (Å²) in [5.41, 5.74) is 9.96. The zero-order valence-electron chi connectivity index (χ0n) is 14.7. The highest BCUT2D eigenvalue weighted by Crippen LogP contribution is 2.46. The van der Waals surface area contributed by atoms with Crippen LogP contribution in [0.15, 0.2) is 52.5 Å². The first-order valence-corrected chi connectivity index (χ1v) is 9.28. The normalized spacial score (nSPS) is 17.4. The summed E-state index contributed by atoms with van der Waals surface area (Å²) in [5, 5.41) is 7.34. The first kappa shape index (κ1) is 18.0. The van der Waals surface area contributed by atoms with Gasteiger partial charge in [0.1, 0.15) is 12.4 Å². The molecular weight excluding hydrogens is 420 g/mol. The van der Waals surface area contributed by atoms with Crippen LogP contribution in [-0.4, -0.2) is 16.8 Å². The number of H-pyrrole nitrogens is 1. The van der Waals surface area contributed by atoms with Gasteiger partial charge in [-0.05, 0) is 45.6 Å². The molecule has 0 spiro atoms. The molecule has 0 saturated heterocycles. The molecule has 1 aliphatic carbocycles. The molecule has 0 fully saturated rings. The molecule has 1 aliphatic heterocycles.